The van der Waals surface area contributed by atoms with Crippen LogP contribution in [0.1, 0.15) is 17.1 Å². The number of hydrazone groups is 1. The summed E-state index contributed by atoms with van der Waals surface area (Å²) in [5.41, 5.74) is 3.00. The Bertz CT molecular complexity index is 1680. The van der Waals surface area contributed by atoms with Gasteiger partial charge in [0.25, 0.3) is 5.91 Å². The van der Waals surface area contributed by atoms with Crippen molar-refractivity contribution in [3.63, 3.8) is 0 Å². The van der Waals surface area contributed by atoms with E-state index in [1.807, 2.05) is 0 Å². The van der Waals surface area contributed by atoms with Crippen LogP contribution in [0.5, 0.6) is 0 Å². The zero-order chi connectivity index (χ0) is 28.6. The average Bonchev–Trinajstić information content (AvgIpc) is 3.41. The van der Waals surface area contributed by atoms with Crippen LogP contribution >= 0.6 is 11.6 Å². The molecule has 0 aliphatic heterocycles. The van der Waals surface area contributed by atoms with Gasteiger partial charge in [-0.05, 0) is 54.1 Å². The van der Waals surface area contributed by atoms with Crippen LogP contribution in [-0.2, 0) is 37.9 Å². The van der Waals surface area contributed by atoms with Crippen molar-refractivity contribution < 1.29 is 26.0 Å². The van der Waals surface area contributed by atoms with Crippen molar-refractivity contribution in [1.29, 1.82) is 0 Å². The first kappa shape index (κ1) is 29.2. The number of halogens is 1. The summed E-state index contributed by atoms with van der Waals surface area (Å²) in [5.74, 6) is -0.0911. The molecule has 0 spiro atoms. The molecule has 0 aliphatic carbocycles. The van der Waals surface area contributed by atoms with E-state index >= 15 is 0 Å². The molecule has 0 bridgehead atoms. The number of hydrogen-bond donors (Lipinski definition) is 2. The first-order valence-corrected chi connectivity index (χ1v) is 15.2. The fourth-order valence-corrected chi connectivity index (χ4v) is 6.06. The fraction of sp³-hybridized carbons (Fsp3) is 0.111. The highest BCUT2D eigenvalue weighted by Gasteiger charge is 2.27. The van der Waals surface area contributed by atoms with Gasteiger partial charge in [-0.3, -0.25) is 4.79 Å². The van der Waals surface area contributed by atoms with Crippen LogP contribution in [0.2, 0.25) is 5.02 Å². The van der Waals surface area contributed by atoms with Gasteiger partial charge in [0.15, 0.2) is 0 Å². The molecule has 0 saturated carbocycles. The van der Waals surface area contributed by atoms with Crippen LogP contribution in [0.25, 0.3) is 0 Å². The van der Waals surface area contributed by atoms with E-state index in [0.717, 1.165) is 4.31 Å². The SMILES string of the molecule is O=C(CN(Cc1ccccc1)S(=O)(=O)c1ccc(Cl)cc1)N/N=C\c1ccc(CNS(=O)(=O)c2ccccc2)o1. The van der Waals surface area contributed by atoms with E-state index in [-0.39, 0.29) is 28.6 Å². The number of amides is 1. The molecule has 1 heterocycles. The summed E-state index contributed by atoms with van der Waals surface area (Å²) >= 11 is 5.90. The highest BCUT2D eigenvalue weighted by Crippen LogP contribution is 2.20. The zero-order valence-electron chi connectivity index (χ0n) is 21.0. The summed E-state index contributed by atoms with van der Waals surface area (Å²) in [6.07, 6.45) is 1.22. The quantitative estimate of drug-likeness (QED) is 0.188. The Morgan fingerprint density at radius 2 is 1.50 bits per heavy atom. The molecule has 0 radical (unpaired) electrons. The summed E-state index contributed by atoms with van der Waals surface area (Å²) in [4.78, 5) is 12.8. The molecule has 208 valence electrons. The fourth-order valence-electron chi connectivity index (χ4n) is 3.54. The molecule has 0 saturated heterocycles. The molecule has 10 nitrogen and oxygen atoms in total. The van der Waals surface area contributed by atoms with Gasteiger partial charge in [0.05, 0.1) is 29.1 Å². The van der Waals surface area contributed by atoms with Crippen LogP contribution in [0.4, 0.5) is 0 Å². The Morgan fingerprint density at radius 3 is 2.17 bits per heavy atom. The molecule has 4 rings (SSSR count). The number of hydrogen-bond acceptors (Lipinski definition) is 7. The Kier molecular flexibility index (Phi) is 9.50. The number of carbonyl (C=O) groups excluding carboxylic acids is 1. The highest BCUT2D eigenvalue weighted by molar-refractivity contribution is 7.89. The predicted octanol–water partition coefficient (Wildman–Crippen LogP) is 3.75. The highest BCUT2D eigenvalue weighted by atomic mass is 35.5. The summed E-state index contributed by atoms with van der Waals surface area (Å²) < 4.78 is 60.4. The van der Waals surface area contributed by atoms with Crippen LogP contribution in [0, 0.1) is 0 Å². The van der Waals surface area contributed by atoms with Gasteiger partial charge in [-0.1, -0.05) is 60.1 Å². The Labute approximate surface area is 237 Å². The molecule has 0 atom stereocenters. The number of nitrogens with zero attached hydrogens (tertiary/aromatic N) is 2. The monoisotopic (exact) mass is 600 g/mol. The third-order valence-corrected chi connectivity index (χ3v) is 9.00. The van der Waals surface area contributed by atoms with Gasteiger partial charge >= 0.3 is 0 Å². The number of carbonyl (C=O) groups is 1. The first-order valence-electron chi connectivity index (χ1n) is 11.9. The second-order valence-electron chi connectivity index (χ2n) is 8.45. The Hall–Kier alpha value is -3.81. The summed E-state index contributed by atoms with van der Waals surface area (Å²) in [6, 6.07) is 25.6. The number of benzene rings is 3. The molecule has 2 N–H and O–H groups in total. The van der Waals surface area contributed by atoms with E-state index in [9.17, 15) is 21.6 Å². The van der Waals surface area contributed by atoms with Gasteiger partial charge in [0.1, 0.15) is 11.5 Å². The van der Waals surface area contributed by atoms with Gasteiger partial charge < -0.3 is 4.42 Å². The van der Waals surface area contributed by atoms with E-state index in [0.29, 0.717) is 16.3 Å². The maximum absolute atomic E-state index is 13.3. The number of rotatable bonds is 12. The van der Waals surface area contributed by atoms with Crippen molar-refractivity contribution in [3.05, 3.63) is 119 Å². The van der Waals surface area contributed by atoms with E-state index in [2.05, 4.69) is 15.2 Å². The normalized spacial score (nSPS) is 12.2. The summed E-state index contributed by atoms with van der Waals surface area (Å²) in [5, 5.41) is 4.23. The van der Waals surface area contributed by atoms with Gasteiger partial charge in [-0.15, -0.1) is 0 Å². The standard InChI is InChI=1S/C27H25ClN4O6S2/c28-22-11-15-26(16-12-22)40(36,37)32(19-21-7-3-1-4-8-21)20-27(33)31-29-17-23-13-14-24(38-23)18-30-39(34,35)25-9-5-2-6-10-25/h1-17,30H,18-20H2,(H,31,33)/b29-17-. The molecule has 0 aliphatic rings. The largest absolute Gasteiger partial charge is 0.459 e. The smallest absolute Gasteiger partial charge is 0.255 e. The van der Waals surface area contributed by atoms with E-state index < -0.39 is 32.5 Å². The molecule has 3 aromatic carbocycles. The number of furan rings is 1. The van der Waals surface area contributed by atoms with Crippen molar-refractivity contribution in [2.24, 2.45) is 5.10 Å². The molecule has 1 amide bonds. The lowest BCUT2D eigenvalue weighted by Gasteiger charge is -2.21. The maximum Gasteiger partial charge on any atom is 0.255 e. The van der Waals surface area contributed by atoms with Crippen molar-refractivity contribution >= 4 is 43.8 Å². The molecule has 0 unspecified atom stereocenters. The van der Waals surface area contributed by atoms with Gasteiger partial charge in [0.2, 0.25) is 20.0 Å². The first-order chi connectivity index (χ1) is 19.1. The molecular weight excluding hydrogens is 576 g/mol. The second kappa shape index (κ2) is 13.0. The lowest BCUT2D eigenvalue weighted by molar-refractivity contribution is -0.121. The van der Waals surface area contributed by atoms with Crippen LogP contribution < -0.4 is 10.1 Å². The van der Waals surface area contributed by atoms with Crippen LogP contribution in [-0.4, -0.2) is 39.8 Å². The lowest BCUT2D eigenvalue weighted by Crippen LogP contribution is -2.39. The number of sulfonamides is 2. The van der Waals surface area contributed by atoms with Crippen molar-refractivity contribution in [2.75, 3.05) is 6.54 Å². The van der Waals surface area contributed by atoms with E-state index in [1.165, 1.54) is 42.6 Å². The third kappa shape index (κ3) is 7.87. The molecular formula is C27H25ClN4O6S2. The topological polar surface area (TPSA) is 138 Å². The minimum absolute atomic E-state index is 0.00450. The summed E-state index contributed by atoms with van der Waals surface area (Å²) in [6.45, 7) is -0.625. The van der Waals surface area contributed by atoms with Crippen molar-refractivity contribution in [2.45, 2.75) is 22.9 Å². The molecule has 0 fully saturated rings. The van der Waals surface area contributed by atoms with Gasteiger partial charge in [-0.25, -0.2) is 27.0 Å². The van der Waals surface area contributed by atoms with Crippen molar-refractivity contribution in [1.82, 2.24) is 14.5 Å². The summed E-state index contributed by atoms with van der Waals surface area (Å²) in [7, 11) is -7.74. The third-order valence-electron chi connectivity index (χ3n) is 5.53. The van der Waals surface area contributed by atoms with Crippen LogP contribution in [0.15, 0.2) is 116 Å². The maximum atomic E-state index is 13.3. The molecule has 13 heteroatoms. The van der Waals surface area contributed by atoms with Crippen LogP contribution in [0.3, 0.4) is 0 Å². The van der Waals surface area contributed by atoms with Gasteiger partial charge in [-0.2, -0.15) is 9.41 Å². The van der Waals surface area contributed by atoms with E-state index in [1.54, 1.807) is 60.7 Å². The molecule has 40 heavy (non-hydrogen) atoms. The minimum atomic E-state index is -4.04. The zero-order valence-corrected chi connectivity index (χ0v) is 23.4. The molecule has 1 aromatic heterocycles. The number of nitrogens with one attached hydrogen (secondary N) is 2. The Morgan fingerprint density at radius 1 is 0.850 bits per heavy atom. The van der Waals surface area contributed by atoms with E-state index in [4.69, 9.17) is 16.0 Å². The predicted molar refractivity (Wildman–Crippen MR) is 150 cm³/mol. The van der Waals surface area contributed by atoms with Crippen molar-refractivity contribution in [3.8, 4) is 0 Å². The molecule has 4 aromatic rings. The minimum Gasteiger partial charge on any atom is -0.459 e. The Balaban J connectivity index is 1.38. The second-order valence-corrected chi connectivity index (χ2v) is 12.6. The average molecular weight is 601 g/mol. The van der Waals surface area contributed by atoms with Gasteiger partial charge in [0, 0.05) is 11.6 Å². The lowest BCUT2D eigenvalue weighted by atomic mass is 10.2.